The Morgan fingerprint density at radius 1 is 1.26 bits per heavy atom. The Morgan fingerprint density at radius 2 is 2.11 bits per heavy atom. The largest absolute Gasteiger partial charge is 0.326 e. The summed E-state index contributed by atoms with van der Waals surface area (Å²) in [6.45, 7) is 1.91. The van der Waals surface area contributed by atoms with E-state index in [-0.39, 0.29) is 0 Å². The van der Waals surface area contributed by atoms with Gasteiger partial charge in [-0.2, -0.15) is 0 Å². The third-order valence-corrected chi connectivity index (χ3v) is 3.23. The van der Waals surface area contributed by atoms with E-state index in [2.05, 4.69) is 15.2 Å². The Balaban J connectivity index is 2.14. The molecule has 0 fully saturated rings. The van der Waals surface area contributed by atoms with Crippen molar-refractivity contribution in [1.82, 2.24) is 19.6 Å². The normalized spacial score (nSPS) is 10.9. The third kappa shape index (κ3) is 2.02. The maximum absolute atomic E-state index is 6.02. The van der Waals surface area contributed by atoms with E-state index in [4.69, 9.17) is 11.6 Å². The lowest BCUT2D eigenvalue weighted by Gasteiger charge is -2.18. The highest BCUT2D eigenvalue weighted by molar-refractivity contribution is 6.30. The van der Waals surface area contributed by atoms with Crippen LogP contribution in [-0.4, -0.2) is 26.6 Å². The maximum atomic E-state index is 6.02. The summed E-state index contributed by atoms with van der Waals surface area (Å²) in [6, 6.07) is 7.60. The smallest absolute Gasteiger partial charge is 0.204 e. The maximum Gasteiger partial charge on any atom is 0.204 e. The molecule has 0 saturated heterocycles. The first-order valence-corrected chi connectivity index (χ1v) is 6.20. The van der Waals surface area contributed by atoms with Gasteiger partial charge in [-0.15, -0.1) is 10.2 Å². The van der Waals surface area contributed by atoms with Crippen molar-refractivity contribution < 1.29 is 0 Å². The number of fused-ring (bicyclic) bond motifs is 1. The summed E-state index contributed by atoms with van der Waals surface area (Å²) in [5.41, 5.74) is 1.68. The van der Waals surface area contributed by atoms with Crippen LogP contribution in [0.4, 0.5) is 11.5 Å². The van der Waals surface area contributed by atoms with Gasteiger partial charge in [0.15, 0.2) is 5.82 Å². The van der Waals surface area contributed by atoms with Crippen LogP contribution < -0.4 is 4.90 Å². The van der Waals surface area contributed by atoms with E-state index < -0.39 is 0 Å². The molecule has 0 bridgehead atoms. The van der Waals surface area contributed by atoms with Gasteiger partial charge >= 0.3 is 0 Å². The molecule has 0 aliphatic rings. The number of rotatable bonds is 2. The van der Waals surface area contributed by atoms with Crippen LogP contribution in [-0.2, 0) is 0 Å². The first-order valence-electron chi connectivity index (χ1n) is 5.82. The molecule has 0 radical (unpaired) electrons. The number of anilines is 2. The summed E-state index contributed by atoms with van der Waals surface area (Å²) in [5, 5.41) is 8.92. The van der Waals surface area contributed by atoms with Gasteiger partial charge in [0, 0.05) is 30.2 Å². The fraction of sp³-hybridized carbons (Fsp3) is 0.154. The average Bonchev–Trinajstić information content (AvgIpc) is 2.80. The summed E-state index contributed by atoms with van der Waals surface area (Å²) in [7, 11) is 1.93. The molecule has 2 aromatic heterocycles. The Labute approximate surface area is 115 Å². The van der Waals surface area contributed by atoms with Crippen molar-refractivity contribution >= 4 is 28.8 Å². The van der Waals surface area contributed by atoms with Crippen molar-refractivity contribution in [3.05, 3.63) is 47.5 Å². The van der Waals surface area contributed by atoms with E-state index in [1.165, 1.54) is 0 Å². The molecule has 6 heteroatoms. The number of hydrogen-bond donors (Lipinski definition) is 0. The monoisotopic (exact) mass is 273 g/mol. The lowest BCUT2D eigenvalue weighted by molar-refractivity contribution is 0.998. The van der Waals surface area contributed by atoms with Crippen LogP contribution in [0.25, 0.3) is 5.65 Å². The van der Waals surface area contributed by atoms with Gasteiger partial charge in [-0.3, -0.25) is 4.40 Å². The molecule has 0 unspecified atom stereocenters. The Kier molecular flexibility index (Phi) is 2.83. The summed E-state index contributed by atoms with van der Waals surface area (Å²) in [5.74, 6) is 1.57. The molecule has 0 N–H and O–H groups in total. The molecule has 0 amide bonds. The van der Waals surface area contributed by atoms with Crippen molar-refractivity contribution in [2.45, 2.75) is 6.92 Å². The number of aromatic nitrogens is 4. The van der Waals surface area contributed by atoms with Crippen molar-refractivity contribution in [2.75, 3.05) is 11.9 Å². The predicted octanol–water partition coefficient (Wildman–Crippen LogP) is 2.85. The summed E-state index contributed by atoms with van der Waals surface area (Å²) >= 11 is 6.02. The van der Waals surface area contributed by atoms with Crippen molar-refractivity contribution in [3.63, 3.8) is 0 Å². The van der Waals surface area contributed by atoms with E-state index >= 15 is 0 Å². The van der Waals surface area contributed by atoms with E-state index in [0.717, 1.165) is 23.0 Å². The molecule has 0 atom stereocenters. The zero-order valence-electron chi connectivity index (χ0n) is 10.6. The fourth-order valence-corrected chi connectivity index (χ4v) is 2.16. The molecular formula is C13H12ClN5. The minimum atomic E-state index is 0.689. The molecular weight excluding hydrogens is 262 g/mol. The number of benzene rings is 1. The summed E-state index contributed by atoms with van der Waals surface area (Å²) in [6.07, 6.45) is 3.58. The Hall–Kier alpha value is -2.14. The standard InChI is InChI=1S/C13H12ClN5/c1-9-16-17-13-12(15-6-7-19(9)13)18(2)11-5-3-4-10(14)8-11/h3-8H,1-2H3. The van der Waals surface area contributed by atoms with Crippen LogP contribution in [0, 0.1) is 6.92 Å². The SMILES string of the molecule is Cc1nnc2c(N(C)c3cccc(Cl)c3)nccn12. The van der Waals surface area contributed by atoms with Gasteiger partial charge in [-0.1, -0.05) is 17.7 Å². The number of aryl methyl sites for hydroxylation is 1. The van der Waals surface area contributed by atoms with Gasteiger partial charge < -0.3 is 4.90 Å². The molecule has 0 spiro atoms. The second-order valence-electron chi connectivity index (χ2n) is 4.23. The summed E-state index contributed by atoms with van der Waals surface area (Å²) in [4.78, 5) is 6.33. The van der Waals surface area contributed by atoms with Crippen LogP contribution in [0.2, 0.25) is 5.02 Å². The molecule has 0 saturated carbocycles. The second-order valence-corrected chi connectivity index (χ2v) is 4.67. The van der Waals surface area contributed by atoms with Crippen LogP contribution in [0.5, 0.6) is 0 Å². The average molecular weight is 274 g/mol. The fourth-order valence-electron chi connectivity index (χ4n) is 1.97. The van der Waals surface area contributed by atoms with Gasteiger partial charge in [0.05, 0.1) is 0 Å². The van der Waals surface area contributed by atoms with E-state index in [1.54, 1.807) is 6.20 Å². The molecule has 3 aromatic rings. The van der Waals surface area contributed by atoms with Crippen LogP contribution in [0.15, 0.2) is 36.7 Å². The van der Waals surface area contributed by atoms with Crippen LogP contribution in [0.3, 0.4) is 0 Å². The lowest BCUT2D eigenvalue weighted by Crippen LogP contribution is -2.12. The Bertz CT molecular complexity index is 737. The predicted molar refractivity (Wildman–Crippen MR) is 75.0 cm³/mol. The minimum Gasteiger partial charge on any atom is -0.326 e. The van der Waals surface area contributed by atoms with Crippen LogP contribution >= 0.6 is 11.6 Å². The molecule has 3 rings (SSSR count). The van der Waals surface area contributed by atoms with Crippen molar-refractivity contribution in [3.8, 4) is 0 Å². The highest BCUT2D eigenvalue weighted by Gasteiger charge is 2.13. The van der Waals surface area contributed by atoms with Gasteiger partial charge in [0.2, 0.25) is 5.65 Å². The van der Waals surface area contributed by atoms with E-state index in [1.807, 2.05) is 53.7 Å². The van der Waals surface area contributed by atoms with Gasteiger partial charge in [-0.25, -0.2) is 4.98 Å². The molecule has 19 heavy (non-hydrogen) atoms. The zero-order chi connectivity index (χ0) is 13.4. The third-order valence-electron chi connectivity index (χ3n) is 2.99. The summed E-state index contributed by atoms with van der Waals surface area (Å²) < 4.78 is 1.91. The first-order chi connectivity index (χ1) is 9.16. The molecule has 1 aromatic carbocycles. The topological polar surface area (TPSA) is 46.3 Å². The molecule has 96 valence electrons. The van der Waals surface area contributed by atoms with Crippen LogP contribution in [0.1, 0.15) is 5.82 Å². The minimum absolute atomic E-state index is 0.689. The number of nitrogens with zero attached hydrogens (tertiary/aromatic N) is 5. The van der Waals surface area contributed by atoms with Gasteiger partial charge in [0.25, 0.3) is 0 Å². The zero-order valence-corrected chi connectivity index (χ0v) is 11.3. The molecule has 0 aliphatic carbocycles. The van der Waals surface area contributed by atoms with Crippen molar-refractivity contribution in [2.24, 2.45) is 0 Å². The number of halogens is 1. The lowest BCUT2D eigenvalue weighted by atomic mass is 10.3. The second kappa shape index (κ2) is 4.51. The highest BCUT2D eigenvalue weighted by atomic mass is 35.5. The van der Waals surface area contributed by atoms with E-state index in [9.17, 15) is 0 Å². The molecule has 0 aliphatic heterocycles. The molecule has 5 nitrogen and oxygen atoms in total. The van der Waals surface area contributed by atoms with Crippen molar-refractivity contribution in [1.29, 1.82) is 0 Å². The van der Waals surface area contributed by atoms with Gasteiger partial charge in [0.1, 0.15) is 5.82 Å². The van der Waals surface area contributed by atoms with E-state index in [0.29, 0.717) is 5.02 Å². The van der Waals surface area contributed by atoms with Gasteiger partial charge in [-0.05, 0) is 25.1 Å². The Morgan fingerprint density at radius 3 is 2.89 bits per heavy atom. The first kappa shape index (κ1) is 11.9. The quantitative estimate of drug-likeness (QED) is 0.720. The molecule has 2 heterocycles. The number of hydrogen-bond acceptors (Lipinski definition) is 4. The highest BCUT2D eigenvalue weighted by Crippen LogP contribution is 2.26.